The van der Waals surface area contributed by atoms with E-state index >= 15 is 0 Å². The number of fused-ring (bicyclic) bond motifs is 5. The van der Waals surface area contributed by atoms with Gasteiger partial charge in [0.2, 0.25) is 0 Å². The molecule has 1 aromatic heterocycles. The van der Waals surface area contributed by atoms with Crippen molar-refractivity contribution in [1.29, 1.82) is 0 Å². The highest BCUT2D eigenvalue weighted by molar-refractivity contribution is 6.42. The van der Waals surface area contributed by atoms with Crippen molar-refractivity contribution in [2.24, 2.45) is 5.92 Å². The van der Waals surface area contributed by atoms with Crippen LogP contribution in [0.2, 0.25) is 10.0 Å². The standard InChI is InChI=1S/C33H23Cl2N/c34-26-18-15-22(19-27(26)35)30-31-24(29(20-9-3-1-4-10-20)21-11-5-2-6-12-21)16-17-25(31)33-32(30)23-13-7-8-14-28(23)36-33/h1-19,25,30-31,36H. The fraction of sp³-hybridized carbons (Fsp3) is 0.0909. The predicted molar refractivity (Wildman–Crippen MR) is 151 cm³/mol. The van der Waals surface area contributed by atoms with Gasteiger partial charge in [-0.2, -0.15) is 0 Å². The Morgan fingerprint density at radius 3 is 2.06 bits per heavy atom. The SMILES string of the molecule is Clc1ccc(C2c3c([nH]c4ccccc34)C3C=CC(=C(c4ccccc4)c4ccccc4)C32)cc1Cl. The summed E-state index contributed by atoms with van der Waals surface area (Å²) in [6.07, 6.45) is 4.74. The Kier molecular flexibility index (Phi) is 5.16. The van der Waals surface area contributed by atoms with Gasteiger partial charge in [-0.25, -0.2) is 0 Å². The molecule has 1 nitrogen and oxygen atoms in total. The van der Waals surface area contributed by atoms with Crippen LogP contribution in [0, 0.1) is 5.92 Å². The molecule has 36 heavy (non-hydrogen) atoms. The largest absolute Gasteiger partial charge is 0.358 e. The lowest BCUT2D eigenvalue weighted by Gasteiger charge is -2.26. The first-order valence-electron chi connectivity index (χ1n) is 12.3. The molecule has 5 aromatic rings. The molecule has 0 saturated heterocycles. The van der Waals surface area contributed by atoms with Crippen LogP contribution < -0.4 is 0 Å². The van der Waals surface area contributed by atoms with Crippen LogP contribution >= 0.6 is 23.2 Å². The maximum absolute atomic E-state index is 6.58. The number of benzene rings is 4. The maximum Gasteiger partial charge on any atom is 0.0595 e. The zero-order valence-corrected chi connectivity index (χ0v) is 21.0. The van der Waals surface area contributed by atoms with Gasteiger partial charge in [-0.15, -0.1) is 0 Å². The van der Waals surface area contributed by atoms with E-state index in [9.17, 15) is 0 Å². The smallest absolute Gasteiger partial charge is 0.0595 e. The molecule has 0 amide bonds. The third-order valence-electron chi connectivity index (χ3n) is 7.73. The van der Waals surface area contributed by atoms with Gasteiger partial charge >= 0.3 is 0 Å². The van der Waals surface area contributed by atoms with Gasteiger partial charge in [0.25, 0.3) is 0 Å². The maximum atomic E-state index is 6.58. The first-order chi connectivity index (χ1) is 17.7. The molecule has 2 aliphatic carbocycles. The lowest BCUT2D eigenvalue weighted by Crippen LogP contribution is -2.14. The molecule has 3 unspecified atom stereocenters. The van der Waals surface area contributed by atoms with Crippen LogP contribution in [0.1, 0.15) is 39.8 Å². The third-order valence-corrected chi connectivity index (χ3v) is 8.46. The Morgan fingerprint density at radius 1 is 0.694 bits per heavy atom. The minimum absolute atomic E-state index is 0.156. The Morgan fingerprint density at radius 2 is 1.36 bits per heavy atom. The van der Waals surface area contributed by atoms with Gasteiger partial charge in [0, 0.05) is 34.4 Å². The van der Waals surface area contributed by atoms with Crippen molar-refractivity contribution in [3.8, 4) is 0 Å². The predicted octanol–water partition coefficient (Wildman–Crippen LogP) is 9.39. The van der Waals surface area contributed by atoms with Crippen molar-refractivity contribution in [3.63, 3.8) is 0 Å². The van der Waals surface area contributed by atoms with Crippen LogP contribution in [0.15, 0.2) is 121 Å². The fourth-order valence-corrected chi connectivity index (χ4v) is 6.60. The molecule has 0 fully saturated rings. The topological polar surface area (TPSA) is 15.8 Å². The third kappa shape index (κ3) is 3.31. The van der Waals surface area contributed by atoms with Crippen LogP contribution in [0.4, 0.5) is 0 Å². The second kappa shape index (κ2) is 8.55. The lowest BCUT2D eigenvalue weighted by atomic mass is 9.77. The fourth-order valence-electron chi connectivity index (χ4n) is 6.30. The van der Waals surface area contributed by atoms with Crippen molar-refractivity contribution in [3.05, 3.63) is 159 Å². The minimum Gasteiger partial charge on any atom is -0.358 e. The number of para-hydroxylation sites is 1. The molecular formula is C33H23Cl2N. The quantitative estimate of drug-likeness (QED) is 0.252. The average Bonchev–Trinajstić information content (AvgIpc) is 3.58. The number of halogens is 2. The molecule has 7 rings (SSSR count). The molecule has 1 N–H and O–H groups in total. The van der Waals surface area contributed by atoms with Crippen molar-refractivity contribution in [2.45, 2.75) is 11.8 Å². The van der Waals surface area contributed by atoms with Crippen molar-refractivity contribution in [2.75, 3.05) is 0 Å². The molecule has 1 heterocycles. The average molecular weight is 504 g/mol. The summed E-state index contributed by atoms with van der Waals surface area (Å²) in [6, 6.07) is 36.3. The van der Waals surface area contributed by atoms with Crippen molar-refractivity contribution < 1.29 is 0 Å². The highest BCUT2D eigenvalue weighted by atomic mass is 35.5. The van der Waals surface area contributed by atoms with E-state index in [0.717, 1.165) is 0 Å². The summed E-state index contributed by atoms with van der Waals surface area (Å²) in [7, 11) is 0. The molecule has 0 spiro atoms. The molecule has 3 atom stereocenters. The summed E-state index contributed by atoms with van der Waals surface area (Å²) in [5.41, 5.74) is 10.2. The minimum atomic E-state index is 0.156. The van der Waals surface area contributed by atoms with Crippen molar-refractivity contribution in [1.82, 2.24) is 4.98 Å². The van der Waals surface area contributed by atoms with E-state index in [2.05, 4.69) is 114 Å². The summed E-state index contributed by atoms with van der Waals surface area (Å²) in [4.78, 5) is 3.78. The lowest BCUT2D eigenvalue weighted by molar-refractivity contribution is 0.569. The molecule has 3 heteroatoms. The summed E-state index contributed by atoms with van der Waals surface area (Å²) in [5, 5.41) is 2.47. The summed E-state index contributed by atoms with van der Waals surface area (Å²) in [6.45, 7) is 0. The second-order valence-corrected chi connectivity index (χ2v) is 10.4. The number of rotatable bonds is 3. The number of H-pyrrole nitrogens is 1. The number of allylic oxidation sites excluding steroid dienone is 3. The van der Waals surface area contributed by atoms with Gasteiger partial charge < -0.3 is 4.98 Å². The number of aromatic nitrogens is 1. The van der Waals surface area contributed by atoms with Gasteiger partial charge in [0.15, 0.2) is 0 Å². The molecule has 4 aromatic carbocycles. The van der Waals surface area contributed by atoms with E-state index in [1.54, 1.807) is 0 Å². The normalized spacial score (nSPS) is 20.1. The van der Waals surface area contributed by atoms with Gasteiger partial charge in [0.05, 0.1) is 10.0 Å². The monoisotopic (exact) mass is 503 g/mol. The van der Waals surface area contributed by atoms with Crippen LogP contribution in [0.5, 0.6) is 0 Å². The molecule has 0 radical (unpaired) electrons. The Hall–Kier alpha value is -3.52. The van der Waals surface area contributed by atoms with Crippen LogP contribution in [0.25, 0.3) is 16.5 Å². The van der Waals surface area contributed by atoms with Gasteiger partial charge in [-0.1, -0.05) is 120 Å². The van der Waals surface area contributed by atoms with Gasteiger partial charge in [-0.05, 0) is 51.6 Å². The van der Waals surface area contributed by atoms with E-state index in [1.165, 1.54) is 50.0 Å². The summed E-state index contributed by atoms with van der Waals surface area (Å²) >= 11 is 12.9. The molecular weight excluding hydrogens is 481 g/mol. The van der Waals surface area contributed by atoms with Crippen molar-refractivity contribution >= 4 is 39.7 Å². The summed E-state index contributed by atoms with van der Waals surface area (Å²) in [5.74, 6) is 0.677. The van der Waals surface area contributed by atoms with E-state index in [1.807, 2.05) is 6.07 Å². The van der Waals surface area contributed by atoms with E-state index < -0.39 is 0 Å². The van der Waals surface area contributed by atoms with Crippen LogP contribution in [0.3, 0.4) is 0 Å². The van der Waals surface area contributed by atoms with E-state index in [0.29, 0.717) is 10.0 Å². The summed E-state index contributed by atoms with van der Waals surface area (Å²) < 4.78 is 0. The second-order valence-electron chi connectivity index (χ2n) is 9.62. The Balaban J connectivity index is 1.51. The highest BCUT2D eigenvalue weighted by Gasteiger charge is 2.47. The molecule has 0 saturated carbocycles. The zero-order chi connectivity index (χ0) is 24.2. The van der Waals surface area contributed by atoms with Crippen LogP contribution in [-0.2, 0) is 0 Å². The van der Waals surface area contributed by atoms with Gasteiger partial charge in [0.1, 0.15) is 0 Å². The zero-order valence-electron chi connectivity index (χ0n) is 19.5. The molecule has 2 aliphatic rings. The Bertz CT molecular complexity index is 1620. The van der Waals surface area contributed by atoms with E-state index in [4.69, 9.17) is 23.2 Å². The Labute approximate surface area is 220 Å². The molecule has 0 bridgehead atoms. The van der Waals surface area contributed by atoms with E-state index in [-0.39, 0.29) is 17.8 Å². The number of hydrogen-bond acceptors (Lipinski definition) is 0. The molecule has 174 valence electrons. The first-order valence-corrected chi connectivity index (χ1v) is 13.0. The van der Waals surface area contributed by atoms with Crippen LogP contribution in [-0.4, -0.2) is 4.98 Å². The number of aromatic amines is 1. The molecule has 0 aliphatic heterocycles. The van der Waals surface area contributed by atoms with Gasteiger partial charge in [-0.3, -0.25) is 0 Å². The number of nitrogens with one attached hydrogen (secondary N) is 1. The highest BCUT2D eigenvalue weighted by Crippen LogP contribution is 2.59. The number of hydrogen-bond donors (Lipinski definition) is 1. The first kappa shape index (κ1) is 21.7.